The van der Waals surface area contributed by atoms with Gasteiger partial charge in [0.25, 0.3) is 5.91 Å². The minimum Gasteiger partial charge on any atom is -0.347 e. The predicted octanol–water partition coefficient (Wildman–Crippen LogP) is 2.07. The summed E-state index contributed by atoms with van der Waals surface area (Å²) in [6, 6.07) is 6.06. The van der Waals surface area contributed by atoms with Crippen LogP contribution in [0.5, 0.6) is 0 Å². The van der Waals surface area contributed by atoms with Crippen molar-refractivity contribution in [1.82, 2.24) is 30.2 Å². The SMILES string of the molecule is CN1CCc2nc(N3CC[C@@H](NC(=O)c4cnc(-c5cccc(F)c5)nc4)C3)ncc2C1. The first-order valence-electron chi connectivity index (χ1n) is 10.7. The molecular weight excluding hydrogens is 409 g/mol. The van der Waals surface area contributed by atoms with Gasteiger partial charge in [0.15, 0.2) is 5.82 Å². The summed E-state index contributed by atoms with van der Waals surface area (Å²) in [6.45, 7) is 3.34. The van der Waals surface area contributed by atoms with Crippen molar-refractivity contribution in [2.75, 3.05) is 31.6 Å². The van der Waals surface area contributed by atoms with E-state index in [9.17, 15) is 9.18 Å². The highest BCUT2D eigenvalue weighted by molar-refractivity contribution is 5.94. The molecule has 4 heterocycles. The molecule has 164 valence electrons. The molecule has 32 heavy (non-hydrogen) atoms. The molecule has 1 saturated heterocycles. The maximum Gasteiger partial charge on any atom is 0.254 e. The Bertz CT molecular complexity index is 1140. The molecule has 0 bridgehead atoms. The average Bonchev–Trinajstić information content (AvgIpc) is 3.27. The maximum atomic E-state index is 13.4. The van der Waals surface area contributed by atoms with Crippen LogP contribution < -0.4 is 10.2 Å². The summed E-state index contributed by atoms with van der Waals surface area (Å²) in [5, 5.41) is 3.05. The highest BCUT2D eigenvalue weighted by Crippen LogP contribution is 2.21. The zero-order chi connectivity index (χ0) is 22.1. The Morgan fingerprint density at radius 2 is 2.00 bits per heavy atom. The van der Waals surface area contributed by atoms with Gasteiger partial charge in [-0.2, -0.15) is 0 Å². The Morgan fingerprint density at radius 3 is 2.81 bits per heavy atom. The lowest BCUT2D eigenvalue weighted by atomic mass is 10.1. The smallest absolute Gasteiger partial charge is 0.254 e. The molecule has 9 heteroatoms. The first kappa shape index (κ1) is 20.4. The van der Waals surface area contributed by atoms with Crippen LogP contribution in [0.15, 0.2) is 42.9 Å². The lowest BCUT2D eigenvalue weighted by Gasteiger charge is -2.25. The van der Waals surface area contributed by atoms with Crippen molar-refractivity contribution >= 4 is 11.9 Å². The van der Waals surface area contributed by atoms with Crippen molar-refractivity contribution < 1.29 is 9.18 Å². The van der Waals surface area contributed by atoms with Crippen molar-refractivity contribution in [3.8, 4) is 11.4 Å². The van der Waals surface area contributed by atoms with Crippen LogP contribution in [0.1, 0.15) is 28.0 Å². The maximum absolute atomic E-state index is 13.4. The quantitative estimate of drug-likeness (QED) is 0.674. The van der Waals surface area contributed by atoms with E-state index < -0.39 is 0 Å². The summed E-state index contributed by atoms with van der Waals surface area (Å²) < 4.78 is 13.4. The second-order valence-corrected chi connectivity index (χ2v) is 8.34. The summed E-state index contributed by atoms with van der Waals surface area (Å²) >= 11 is 0. The summed E-state index contributed by atoms with van der Waals surface area (Å²) in [6.07, 6.45) is 6.62. The topological polar surface area (TPSA) is 87.1 Å². The number of carbonyl (C=O) groups is 1. The van der Waals surface area contributed by atoms with Crippen molar-refractivity contribution in [3.05, 3.63) is 65.5 Å². The first-order chi connectivity index (χ1) is 15.5. The lowest BCUT2D eigenvalue weighted by Crippen LogP contribution is -2.37. The largest absolute Gasteiger partial charge is 0.347 e. The van der Waals surface area contributed by atoms with Crippen LogP contribution in [0.4, 0.5) is 10.3 Å². The Balaban J connectivity index is 1.21. The minimum absolute atomic E-state index is 0.00355. The van der Waals surface area contributed by atoms with Gasteiger partial charge in [0.1, 0.15) is 5.82 Å². The van der Waals surface area contributed by atoms with Gasteiger partial charge in [-0.15, -0.1) is 0 Å². The molecule has 0 unspecified atom stereocenters. The van der Waals surface area contributed by atoms with Crippen molar-refractivity contribution in [1.29, 1.82) is 0 Å². The average molecular weight is 433 g/mol. The van der Waals surface area contributed by atoms with Crippen LogP contribution in [-0.2, 0) is 13.0 Å². The van der Waals surface area contributed by atoms with Crippen LogP contribution >= 0.6 is 0 Å². The number of hydrogen-bond donors (Lipinski definition) is 1. The van der Waals surface area contributed by atoms with Gasteiger partial charge >= 0.3 is 0 Å². The first-order valence-corrected chi connectivity index (χ1v) is 10.7. The Hall–Kier alpha value is -3.46. The molecule has 0 radical (unpaired) electrons. The van der Waals surface area contributed by atoms with Gasteiger partial charge in [-0.05, 0) is 25.6 Å². The molecule has 2 aromatic heterocycles. The molecule has 8 nitrogen and oxygen atoms in total. The molecule has 1 N–H and O–H groups in total. The van der Waals surface area contributed by atoms with E-state index in [1.54, 1.807) is 12.1 Å². The fraction of sp³-hybridized carbons (Fsp3) is 0.348. The van der Waals surface area contributed by atoms with Crippen molar-refractivity contribution in [2.45, 2.75) is 25.4 Å². The van der Waals surface area contributed by atoms with Gasteiger partial charge in [-0.25, -0.2) is 24.3 Å². The Kier molecular flexibility index (Phi) is 5.48. The molecule has 1 fully saturated rings. The van der Waals surface area contributed by atoms with Gasteiger partial charge in [-0.3, -0.25) is 4.79 Å². The van der Waals surface area contributed by atoms with Crippen LogP contribution in [0.2, 0.25) is 0 Å². The van der Waals surface area contributed by atoms with Gasteiger partial charge in [-0.1, -0.05) is 12.1 Å². The van der Waals surface area contributed by atoms with Gasteiger partial charge in [0, 0.05) is 68.4 Å². The van der Waals surface area contributed by atoms with E-state index in [1.165, 1.54) is 30.1 Å². The number of halogens is 1. The molecule has 2 aliphatic rings. The number of nitrogens with one attached hydrogen (secondary N) is 1. The molecule has 0 aliphatic carbocycles. The fourth-order valence-electron chi connectivity index (χ4n) is 4.15. The number of carbonyl (C=O) groups excluding carboxylic acids is 1. The van der Waals surface area contributed by atoms with Gasteiger partial charge in [0.05, 0.1) is 11.3 Å². The summed E-state index contributed by atoms with van der Waals surface area (Å²) in [4.78, 5) is 34.8. The van der Waals surface area contributed by atoms with Gasteiger partial charge in [0.2, 0.25) is 5.95 Å². The molecule has 1 atom stereocenters. The predicted molar refractivity (Wildman–Crippen MR) is 118 cm³/mol. The molecular formula is C23H24FN7O. The van der Waals surface area contributed by atoms with Crippen LogP contribution in [0.25, 0.3) is 11.4 Å². The number of rotatable bonds is 4. The van der Waals surface area contributed by atoms with Crippen LogP contribution in [0, 0.1) is 5.82 Å². The summed E-state index contributed by atoms with van der Waals surface area (Å²) in [7, 11) is 2.10. The van der Waals surface area contributed by atoms with Crippen molar-refractivity contribution in [2.24, 2.45) is 0 Å². The number of hydrogen-bond acceptors (Lipinski definition) is 7. The summed E-state index contributed by atoms with van der Waals surface area (Å²) in [5.74, 6) is 0.530. The third-order valence-electron chi connectivity index (χ3n) is 5.92. The van der Waals surface area contributed by atoms with E-state index >= 15 is 0 Å². The zero-order valence-electron chi connectivity index (χ0n) is 17.8. The van der Waals surface area contributed by atoms with E-state index in [-0.39, 0.29) is 17.8 Å². The number of fused-ring (bicyclic) bond motifs is 1. The molecule has 5 rings (SSSR count). The Labute approximate surface area is 185 Å². The molecule has 2 aliphatic heterocycles. The fourth-order valence-corrected chi connectivity index (χ4v) is 4.15. The third kappa shape index (κ3) is 4.29. The van der Waals surface area contributed by atoms with E-state index in [2.05, 4.69) is 37.1 Å². The second kappa shape index (κ2) is 8.58. The van der Waals surface area contributed by atoms with Crippen molar-refractivity contribution in [3.63, 3.8) is 0 Å². The van der Waals surface area contributed by atoms with E-state index in [0.29, 0.717) is 23.5 Å². The zero-order valence-corrected chi connectivity index (χ0v) is 17.8. The third-order valence-corrected chi connectivity index (χ3v) is 5.92. The van der Waals surface area contributed by atoms with Crippen LogP contribution in [-0.4, -0.2) is 63.5 Å². The monoisotopic (exact) mass is 433 g/mol. The van der Waals surface area contributed by atoms with Crippen LogP contribution in [0.3, 0.4) is 0 Å². The van der Waals surface area contributed by atoms with E-state index in [4.69, 9.17) is 4.98 Å². The summed E-state index contributed by atoms with van der Waals surface area (Å²) in [5.41, 5.74) is 3.25. The number of aromatic nitrogens is 4. The number of anilines is 1. The van der Waals surface area contributed by atoms with E-state index in [1.807, 2.05) is 6.20 Å². The number of amides is 1. The highest BCUT2D eigenvalue weighted by atomic mass is 19.1. The molecule has 1 amide bonds. The number of nitrogens with zero attached hydrogens (tertiary/aromatic N) is 6. The molecule has 3 aromatic rings. The number of benzene rings is 1. The molecule has 1 aromatic carbocycles. The van der Waals surface area contributed by atoms with Gasteiger partial charge < -0.3 is 15.1 Å². The number of likely N-dealkylation sites (N-methyl/N-ethyl adjacent to an activating group) is 1. The molecule has 0 spiro atoms. The second-order valence-electron chi connectivity index (χ2n) is 8.34. The highest BCUT2D eigenvalue weighted by Gasteiger charge is 2.27. The molecule has 0 saturated carbocycles. The van der Waals surface area contributed by atoms with E-state index in [0.717, 1.165) is 44.1 Å². The minimum atomic E-state index is -0.353. The normalized spacial score (nSPS) is 18.4. The lowest BCUT2D eigenvalue weighted by molar-refractivity contribution is 0.0939. The standard InChI is InChI=1S/C23H24FN7O/c1-30-7-6-20-17(13-30)12-27-23(29-20)31-8-5-19(14-31)28-22(32)16-10-25-21(26-11-16)15-3-2-4-18(24)9-15/h2-4,9-12,19H,5-8,13-14H2,1H3,(H,28,32)/t19-/m1/s1. The Morgan fingerprint density at radius 1 is 1.16 bits per heavy atom.